The second-order valence-corrected chi connectivity index (χ2v) is 8.36. The molecule has 166 valence electrons. The van der Waals surface area contributed by atoms with Gasteiger partial charge < -0.3 is 9.80 Å². The van der Waals surface area contributed by atoms with Gasteiger partial charge in [-0.05, 0) is 43.5 Å². The molecule has 0 N–H and O–H groups in total. The van der Waals surface area contributed by atoms with Crippen molar-refractivity contribution in [1.82, 2.24) is 19.6 Å². The number of carbonyl (C=O) groups is 2. The molecule has 2 aliphatic rings. The smallest absolute Gasteiger partial charge is 0.325 e. The number of benzene rings is 2. The van der Waals surface area contributed by atoms with E-state index in [4.69, 9.17) is 0 Å². The highest BCUT2D eigenvalue weighted by Crippen LogP contribution is 2.31. The van der Waals surface area contributed by atoms with Gasteiger partial charge in [0.25, 0.3) is 0 Å². The van der Waals surface area contributed by atoms with Crippen LogP contribution in [0.15, 0.2) is 48.7 Å². The normalized spacial score (nSPS) is 18.9. The van der Waals surface area contributed by atoms with E-state index in [9.17, 15) is 14.0 Å². The first-order valence-corrected chi connectivity index (χ1v) is 11.2. The van der Waals surface area contributed by atoms with Crippen molar-refractivity contribution in [2.45, 2.75) is 32.2 Å². The van der Waals surface area contributed by atoms with Crippen molar-refractivity contribution < 1.29 is 14.0 Å². The fourth-order valence-corrected chi connectivity index (χ4v) is 4.88. The molecule has 0 saturated carbocycles. The van der Waals surface area contributed by atoms with E-state index < -0.39 is 0 Å². The molecule has 7 nitrogen and oxygen atoms in total. The van der Waals surface area contributed by atoms with E-state index in [1.807, 2.05) is 23.1 Å². The Morgan fingerprint density at radius 2 is 1.91 bits per heavy atom. The van der Waals surface area contributed by atoms with Crippen LogP contribution in [0.4, 0.5) is 14.9 Å². The van der Waals surface area contributed by atoms with Crippen LogP contribution in [0.2, 0.25) is 0 Å². The lowest BCUT2D eigenvalue weighted by Gasteiger charge is -2.26. The lowest BCUT2D eigenvalue weighted by molar-refractivity contribution is -0.132. The molecule has 5 rings (SSSR count). The van der Waals surface area contributed by atoms with Crippen LogP contribution in [0.25, 0.3) is 16.6 Å². The molecule has 0 aliphatic carbocycles. The summed E-state index contributed by atoms with van der Waals surface area (Å²) in [6.45, 7) is 3.97. The zero-order valence-electron chi connectivity index (χ0n) is 18.1. The Bertz CT molecular complexity index is 1180. The van der Waals surface area contributed by atoms with E-state index >= 15 is 0 Å². The first-order valence-electron chi connectivity index (χ1n) is 11.2. The molecule has 2 fully saturated rings. The molecule has 0 radical (unpaired) electrons. The second-order valence-electron chi connectivity index (χ2n) is 8.36. The maximum Gasteiger partial charge on any atom is 0.325 e. The van der Waals surface area contributed by atoms with Crippen LogP contribution >= 0.6 is 0 Å². The standard InChI is InChI=1S/C24H26FN5O2/c1-2-17-7-6-12-28(17)23(31)16-27-13-14-29(24(27)32)20-10-5-11-21-18(20)15-26-30(21)22-9-4-3-8-19(22)25/h3-5,8-11,15,17H,2,6-7,12-14,16H2,1H3. The van der Waals surface area contributed by atoms with Gasteiger partial charge in [0.1, 0.15) is 18.0 Å². The predicted molar refractivity (Wildman–Crippen MR) is 120 cm³/mol. The summed E-state index contributed by atoms with van der Waals surface area (Å²) >= 11 is 0. The number of rotatable bonds is 5. The fourth-order valence-electron chi connectivity index (χ4n) is 4.88. The molecule has 0 bridgehead atoms. The van der Waals surface area contributed by atoms with Crippen LogP contribution in [0.5, 0.6) is 0 Å². The quantitative estimate of drug-likeness (QED) is 0.612. The number of amides is 3. The lowest BCUT2D eigenvalue weighted by atomic mass is 10.2. The molecule has 3 heterocycles. The van der Waals surface area contributed by atoms with Crippen LogP contribution in [-0.2, 0) is 4.79 Å². The summed E-state index contributed by atoms with van der Waals surface area (Å²) in [6, 6.07) is 12.1. The Morgan fingerprint density at radius 1 is 1.09 bits per heavy atom. The highest BCUT2D eigenvalue weighted by atomic mass is 19.1. The summed E-state index contributed by atoms with van der Waals surface area (Å²) < 4.78 is 15.9. The van der Waals surface area contributed by atoms with Gasteiger partial charge >= 0.3 is 6.03 Å². The molecule has 1 aromatic heterocycles. The number of hydrogen-bond acceptors (Lipinski definition) is 3. The number of nitrogens with zero attached hydrogens (tertiary/aromatic N) is 5. The van der Waals surface area contributed by atoms with Crippen molar-refractivity contribution in [3.63, 3.8) is 0 Å². The number of aromatic nitrogens is 2. The van der Waals surface area contributed by atoms with Gasteiger partial charge in [-0.25, -0.2) is 13.9 Å². The molecule has 8 heteroatoms. The number of halogens is 1. The third-order valence-electron chi connectivity index (χ3n) is 6.55. The summed E-state index contributed by atoms with van der Waals surface area (Å²) in [5.41, 5.74) is 1.80. The van der Waals surface area contributed by atoms with Gasteiger partial charge in [-0.1, -0.05) is 25.1 Å². The van der Waals surface area contributed by atoms with Gasteiger partial charge in [-0.2, -0.15) is 5.10 Å². The molecule has 0 spiro atoms. The Balaban J connectivity index is 1.39. The first kappa shape index (κ1) is 20.5. The number of likely N-dealkylation sites (tertiary alicyclic amines) is 1. The van der Waals surface area contributed by atoms with Crippen LogP contribution in [-0.4, -0.2) is 63.7 Å². The average molecular weight is 436 g/mol. The molecule has 1 unspecified atom stereocenters. The summed E-state index contributed by atoms with van der Waals surface area (Å²) in [6.07, 6.45) is 4.67. The zero-order valence-corrected chi connectivity index (χ0v) is 18.1. The molecule has 2 aromatic carbocycles. The summed E-state index contributed by atoms with van der Waals surface area (Å²) in [4.78, 5) is 31.2. The monoisotopic (exact) mass is 435 g/mol. The van der Waals surface area contributed by atoms with Gasteiger partial charge in [0.05, 0.1) is 17.4 Å². The number of para-hydroxylation sites is 1. The van der Waals surface area contributed by atoms with Crippen molar-refractivity contribution in [3.05, 3.63) is 54.5 Å². The van der Waals surface area contributed by atoms with Crippen LogP contribution < -0.4 is 4.90 Å². The van der Waals surface area contributed by atoms with Gasteiger partial charge in [0.2, 0.25) is 5.91 Å². The lowest BCUT2D eigenvalue weighted by Crippen LogP contribution is -2.44. The topological polar surface area (TPSA) is 61.7 Å². The minimum absolute atomic E-state index is 0.0233. The average Bonchev–Trinajstić information content (AvgIpc) is 3.53. The van der Waals surface area contributed by atoms with Gasteiger partial charge in [0, 0.05) is 31.1 Å². The van der Waals surface area contributed by atoms with Crippen LogP contribution in [0, 0.1) is 5.82 Å². The molecule has 1 atom stereocenters. The van der Waals surface area contributed by atoms with E-state index in [2.05, 4.69) is 12.0 Å². The van der Waals surface area contributed by atoms with E-state index in [-0.39, 0.29) is 30.3 Å². The number of fused-ring (bicyclic) bond motifs is 1. The Morgan fingerprint density at radius 3 is 2.72 bits per heavy atom. The Kier molecular flexibility index (Phi) is 5.28. The third kappa shape index (κ3) is 3.39. The predicted octanol–water partition coefficient (Wildman–Crippen LogP) is 3.81. The fraction of sp³-hybridized carbons (Fsp3) is 0.375. The SMILES string of the molecule is CCC1CCCN1C(=O)CN1CCN(c2cccc3c2cnn3-c2ccccc2F)C1=O. The summed E-state index contributed by atoms with van der Waals surface area (Å²) in [5.74, 6) is -0.340. The van der Waals surface area contributed by atoms with Crippen molar-refractivity contribution in [1.29, 1.82) is 0 Å². The number of urea groups is 1. The van der Waals surface area contributed by atoms with Gasteiger partial charge in [-0.15, -0.1) is 0 Å². The highest BCUT2D eigenvalue weighted by Gasteiger charge is 2.35. The second kappa shape index (κ2) is 8.26. The van der Waals surface area contributed by atoms with Crippen molar-refractivity contribution in [2.24, 2.45) is 0 Å². The molecule has 2 saturated heterocycles. The third-order valence-corrected chi connectivity index (χ3v) is 6.55. The van der Waals surface area contributed by atoms with Crippen molar-refractivity contribution in [3.8, 4) is 5.69 Å². The maximum atomic E-state index is 14.3. The largest absolute Gasteiger partial charge is 0.338 e. The van der Waals surface area contributed by atoms with E-state index in [0.717, 1.165) is 42.4 Å². The Hall–Kier alpha value is -3.42. The van der Waals surface area contributed by atoms with Crippen molar-refractivity contribution >= 4 is 28.5 Å². The minimum Gasteiger partial charge on any atom is -0.338 e. The number of hydrogen-bond donors (Lipinski definition) is 0. The number of carbonyl (C=O) groups excluding carboxylic acids is 2. The highest BCUT2D eigenvalue weighted by molar-refractivity contribution is 6.04. The van der Waals surface area contributed by atoms with E-state index in [1.54, 1.807) is 38.9 Å². The summed E-state index contributed by atoms with van der Waals surface area (Å²) in [7, 11) is 0. The Labute approximate surface area is 186 Å². The maximum absolute atomic E-state index is 14.3. The minimum atomic E-state index is -0.364. The van der Waals surface area contributed by atoms with E-state index in [1.165, 1.54) is 6.07 Å². The number of anilines is 1. The molecular weight excluding hydrogens is 409 g/mol. The first-order chi connectivity index (χ1) is 15.6. The van der Waals surface area contributed by atoms with Crippen LogP contribution in [0.3, 0.4) is 0 Å². The zero-order chi connectivity index (χ0) is 22.2. The van der Waals surface area contributed by atoms with Gasteiger partial charge in [0.15, 0.2) is 0 Å². The molecule has 32 heavy (non-hydrogen) atoms. The molecule has 3 aromatic rings. The molecular formula is C24H26FN5O2. The van der Waals surface area contributed by atoms with E-state index in [0.29, 0.717) is 18.8 Å². The molecule has 3 amide bonds. The summed E-state index contributed by atoms with van der Waals surface area (Å²) in [5, 5.41) is 5.15. The van der Waals surface area contributed by atoms with Crippen LogP contribution in [0.1, 0.15) is 26.2 Å². The van der Waals surface area contributed by atoms with Gasteiger partial charge in [-0.3, -0.25) is 9.69 Å². The van der Waals surface area contributed by atoms with Crippen molar-refractivity contribution in [2.75, 3.05) is 31.1 Å². The molecule has 2 aliphatic heterocycles.